The Labute approximate surface area is 227 Å². The molecule has 1 unspecified atom stereocenters. The van der Waals surface area contributed by atoms with Crippen LogP contribution in [0.25, 0.3) is 5.57 Å². The van der Waals surface area contributed by atoms with E-state index in [-0.39, 0.29) is 24.9 Å². The van der Waals surface area contributed by atoms with Crippen LogP contribution in [0.3, 0.4) is 0 Å². The van der Waals surface area contributed by atoms with Crippen LogP contribution in [0.5, 0.6) is 5.75 Å². The molecule has 4 rings (SSSR count). The smallest absolute Gasteiger partial charge is 0.343 e. The van der Waals surface area contributed by atoms with E-state index in [1.807, 2.05) is 55.5 Å². The number of guanidine groups is 1. The molecule has 7 nitrogen and oxygen atoms in total. The first kappa shape index (κ1) is 28.2. The number of hydrogen-bond donors (Lipinski definition) is 3. The van der Waals surface area contributed by atoms with Crippen molar-refractivity contribution in [1.82, 2.24) is 0 Å². The number of halogens is 1. The number of hydrogen-bond acceptors (Lipinski definition) is 4. The number of benzene rings is 3. The summed E-state index contributed by atoms with van der Waals surface area (Å²) >= 11 is 0. The second kappa shape index (κ2) is 12.3. The third-order valence-electron chi connectivity index (χ3n) is 6.40. The van der Waals surface area contributed by atoms with Gasteiger partial charge in [-0.25, -0.2) is 9.79 Å². The molecule has 8 heteroatoms. The minimum absolute atomic E-state index is 0. The Morgan fingerprint density at radius 1 is 1.00 bits per heavy atom. The zero-order valence-corrected chi connectivity index (χ0v) is 21.8. The lowest BCUT2D eigenvalue weighted by Crippen LogP contribution is -2.32. The zero-order valence-electron chi connectivity index (χ0n) is 21.0. The number of allylic oxidation sites excluding steroid dienone is 3. The average Bonchev–Trinajstić information content (AvgIpc) is 2.90. The number of carbonyl (C=O) groups excluding carboxylic acids is 1. The van der Waals surface area contributed by atoms with Gasteiger partial charge in [-0.2, -0.15) is 0 Å². The van der Waals surface area contributed by atoms with Crippen molar-refractivity contribution in [3.05, 3.63) is 119 Å². The molecule has 0 saturated heterocycles. The van der Waals surface area contributed by atoms with Crippen LogP contribution < -0.4 is 16.2 Å². The number of aliphatic carboxylic acids is 1. The number of aryl methyl sites for hydroxylation is 1. The monoisotopic (exact) mass is 531 g/mol. The van der Waals surface area contributed by atoms with Gasteiger partial charge in [0.25, 0.3) is 0 Å². The maximum atomic E-state index is 12.8. The lowest BCUT2D eigenvalue weighted by Gasteiger charge is -2.28. The minimum atomic E-state index is -0.986. The summed E-state index contributed by atoms with van der Waals surface area (Å²) in [6, 6.07) is 22.0. The Morgan fingerprint density at radius 3 is 2.29 bits per heavy atom. The molecule has 38 heavy (non-hydrogen) atoms. The van der Waals surface area contributed by atoms with Gasteiger partial charge in [-0.05, 0) is 60.2 Å². The van der Waals surface area contributed by atoms with Crippen molar-refractivity contribution in [2.45, 2.75) is 26.3 Å². The van der Waals surface area contributed by atoms with E-state index in [1.54, 1.807) is 42.5 Å². The van der Waals surface area contributed by atoms with Crippen LogP contribution in [0.1, 0.15) is 39.0 Å². The van der Waals surface area contributed by atoms with Crippen LogP contribution in [-0.4, -0.2) is 23.0 Å². The fraction of sp³-hybridized carbons (Fsp3) is 0.167. The van der Waals surface area contributed by atoms with Gasteiger partial charge in [0.2, 0.25) is 0 Å². The Hall–Kier alpha value is -4.36. The molecule has 5 N–H and O–H groups in total. The van der Waals surface area contributed by atoms with Crippen LogP contribution in [0.2, 0.25) is 0 Å². The van der Waals surface area contributed by atoms with Crippen molar-refractivity contribution in [1.29, 1.82) is 0 Å². The van der Waals surface area contributed by atoms with Gasteiger partial charge in [0.15, 0.2) is 5.96 Å². The number of nitrogens with two attached hydrogens (primary N) is 2. The summed E-state index contributed by atoms with van der Waals surface area (Å²) in [7, 11) is 0. The van der Waals surface area contributed by atoms with Crippen LogP contribution in [0, 0.1) is 12.3 Å². The molecule has 0 fully saturated rings. The number of nitrogens with zero attached hydrogens (tertiary/aromatic N) is 1. The predicted octanol–water partition coefficient (Wildman–Crippen LogP) is 5.07. The first-order valence-corrected chi connectivity index (χ1v) is 11.9. The van der Waals surface area contributed by atoms with Gasteiger partial charge >= 0.3 is 11.9 Å². The maximum absolute atomic E-state index is 12.8. The molecular formula is C30H30ClN3O4. The molecule has 3 aromatic rings. The van der Waals surface area contributed by atoms with E-state index in [0.717, 1.165) is 22.3 Å². The van der Waals surface area contributed by atoms with Gasteiger partial charge in [-0.15, -0.1) is 12.4 Å². The maximum Gasteiger partial charge on any atom is 0.343 e. The van der Waals surface area contributed by atoms with Crippen molar-refractivity contribution in [3.8, 4) is 5.75 Å². The van der Waals surface area contributed by atoms with E-state index in [4.69, 9.17) is 16.2 Å². The average molecular weight is 532 g/mol. The van der Waals surface area contributed by atoms with Gasteiger partial charge in [-0.1, -0.05) is 78.4 Å². The number of rotatable bonds is 8. The molecule has 0 radical (unpaired) electrons. The second-order valence-electron chi connectivity index (χ2n) is 9.13. The highest BCUT2D eigenvalue weighted by molar-refractivity contribution is 5.93. The highest BCUT2D eigenvalue weighted by Crippen LogP contribution is 2.37. The van der Waals surface area contributed by atoms with E-state index in [2.05, 4.69) is 4.99 Å². The highest BCUT2D eigenvalue weighted by Gasteiger charge is 2.36. The number of aliphatic imine (C=N–C) groups is 1. The standard InChI is InChI=1S/C30H29N3O4.ClH/c1-20-6-8-21(9-7-20)18-30(28(35)36)16-14-23(15-17-30)22-10-12-25(13-11-22)37-27(34)26-5-3-2-4-24(26)19-33-29(31)32;/h2-16H,17-19H2,1H3,(H,35,36)(H4,31,32,33);1H. The number of carboxylic acid groups (broad SMARTS) is 1. The molecule has 0 aromatic heterocycles. The fourth-order valence-electron chi connectivity index (χ4n) is 4.24. The molecule has 0 aliphatic heterocycles. The van der Waals surface area contributed by atoms with Crippen molar-refractivity contribution in [3.63, 3.8) is 0 Å². The molecular weight excluding hydrogens is 502 g/mol. The largest absolute Gasteiger partial charge is 0.481 e. The van der Waals surface area contributed by atoms with Crippen LogP contribution in [-0.2, 0) is 17.8 Å². The van der Waals surface area contributed by atoms with Crippen molar-refractivity contribution < 1.29 is 19.4 Å². The van der Waals surface area contributed by atoms with Gasteiger partial charge in [-0.3, -0.25) is 4.79 Å². The zero-order chi connectivity index (χ0) is 26.4. The van der Waals surface area contributed by atoms with Gasteiger partial charge in [0.05, 0.1) is 17.5 Å². The van der Waals surface area contributed by atoms with Crippen molar-refractivity contribution in [2.24, 2.45) is 21.9 Å². The molecule has 1 aliphatic rings. The van der Waals surface area contributed by atoms with Crippen molar-refractivity contribution in [2.75, 3.05) is 0 Å². The fourth-order valence-corrected chi connectivity index (χ4v) is 4.24. The molecule has 0 heterocycles. The summed E-state index contributed by atoms with van der Waals surface area (Å²) in [5.74, 6) is -1.01. The quantitative estimate of drug-likeness (QED) is 0.161. The van der Waals surface area contributed by atoms with Gasteiger partial charge < -0.3 is 21.3 Å². The van der Waals surface area contributed by atoms with E-state index in [9.17, 15) is 14.7 Å². The summed E-state index contributed by atoms with van der Waals surface area (Å²) in [5.41, 5.74) is 14.8. The highest BCUT2D eigenvalue weighted by atomic mass is 35.5. The van der Waals surface area contributed by atoms with E-state index < -0.39 is 17.4 Å². The number of esters is 1. The molecule has 0 amide bonds. The van der Waals surface area contributed by atoms with Crippen molar-refractivity contribution >= 4 is 35.9 Å². The second-order valence-corrected chi connectivity index (χ2v) is 9.13. The van der Waals surface area contributed by atoms with Crippen LogP contribution in [0.4, 0.5) is 0 Å². The summed E-state index contributed by atoms with van der Waals surface area (Å²) < 4.78 is 5.56. The molecule has 3 aromatic carbocycles. The third-order valence-corrected chi connectivity index (χ3v) is 6.40. The Morgan fingerprint density at radius 2 is 1.68 bits per heavy atom. The number of ether oxygens (including phenoxy) is 1. The molecule has 196 valence electrons. The van der Waals surface area contributed by atoms with E-state index in [0.29, 0.717) is 29.7 Å². The topological polar surface area (TPSA) is 128 Å². The van der Waals surface area contributed by atoms with Crippen LogP contribution >= 0.6 is 12.4 Å². The molecule has 1 atom stereocenters. The molecule has 0 spiro atoms. The first-order valence-electron chi connectivity index (χ1n) is 11.9. The summed E-state index contributed by atoms with van der Waals surface area (Å²) in [5, 5.41) is 10.0. The number of carbonyl (C=O) groups is 2. The third kappa shape index (κ3) is 6.69. The summed E-state index contributed by atoms with van der Waals surface area (Å²) in [6.45, 7) is 2.18. The lowest BCUT2D eigenvalue weighted by molar-refractivity contribution is -0.145. The molecule has 1 aliphatic carbocycles. The van der Waals surface area contributed by atoms with Gasteiger partial charge in [0, 0.05) is 0 Å². The molecule has 0 saturated carbocycles. The van der Waals surface area contributed by atoms with Crippen LogP contribution in [0.15, 0.2) is 96.0 Å². The van der Waals surface area contributed by atoms with Gasteiger partial charge in [0.1, 0.15) is 5.75 Å². The SMILES string of the molecule is Cc1ccc(CC2(C(=O)O)C=CC(c3ccc(OC(=O)c4ccccc4CN=C(N)N)cc3)=CC2)cc1.Cl. The Bertz CT molecular complexity index is 1390. The van der Waals surface area contributed by atoms with E-state index >= 15 is 0 Å². The normalized spacial score (nSPS) is 16.1. The first-order chi connectivity index (χ1) is 17.8. The minimum Gasteiger partial charge on any atom is -0.481 e. The molecule has 0 bridgehead atoms. The van der Waals surface area contributed by atoms with E-state index in [1.165, 1.54) is 0 Å². The predicted molar refractivity (Wildman–Crippen MR) is 151 cm³/mol. The summed E-state index contributed by atoms with van der Waals surface area (Å²) in [6.07, 6.45) is 6.38. The summed E-state index contributed by atoms with van der Waals surface area (Å²) in [4.78, 5) is 28.9. The number of carboxylic acids is 1. The Kier molecular flexibility index (Phi) is 9.10. The lowest BCUT2D eigenvalue weighted by atomic mass is 9.74. The Balaban J connectivity index is 0.00000400.